The van der Waals surface area contributed by atoms with Crippen molar-refractivity contribution >= 4 is 29.2 Å². The highest BCUT2D eigenvalue weighted by molar-refractivity contribution is 6.35. The summed E-state index contributed by atoms with van der Waals surface area (Å²) in [7, 11) is 0. The molecule has 0 aliphatic rings. The number of hydrogen-bond donors (Lipinski definition) is 1. The number of ether oxygens (including phenoxy) is 1. The van der Waals surface area contributed by atoms with Gasteiger partial charge in [0, 0.05) is 28.0 Å². The van der Waals surface area contributed by atoms with Gasteiger partial charge in [-0.15, -0.1) is 0 Å². The maximum atomic E-state index is 12.9. The van der Waals surface area contributed by atoms with Crippen LogP contribution in [0.2, 0.25) is 10.0 Å². The molecule has 1 atom stereocenters. The van der Waals surface area contributed by atoms with E-state index in [4.69, 9.17) is 27.9 Å². The first kappa shape index (κ1) is 17.8. The van der Waals surface area contributed by atoms with E-state index in [1.807, 2.05) is 0 Å². The summed E-state index contributed by atoms with van der Waals surface area (Å²) in [6.45, 7) is 4.72. The van der Waals surface area contributed by atoms with Crippen molar-refractivity contribution in [2.75, 3.05) is 6.61 Å². The predicted octanol–water partition coefficient (Wildman–Crippen LogP) is 3.27. The molecule has 1 aromatic carbocycles. The second-order valence-corrected chi connectivity index (χ2v) is 6.96. The molecule has 0 saturated carbocycles. The minimum atomic E-state index is -1.54. The van der Waals surface area contributed by atoms with Crippen molar-refractivity contribution in [3.05, 3.63) is 52.5 Å². The maximum Gasteiger partial charge on any atom is 0.340 e. The number of carbonyl (C=O) groups is 1. The Labute approximate surface area is 144 Å². The Bertz CT molecular complexity index is 696. The monoisotopic (exact) mass is 356 g/mol. The first-order valence-electron chi connectivity index (χ1n) is 6.99. The molecule has 124 valence electrons. The number of imidazole rings is 1. The van der Waals surface area contributed by atoms with Gasteiger partial charge < -0.3 is 14.4 Å². The average Bonchev–Trinajstić information content (AvgIpc) is 2.94. The van der Waals surface area contributed by atoms with Gasteiger partial charge in [0.2, 0.25) is 0 Å². The minimum Gasteiger partial charge on any atom is -0.458 e. The van der Waals surface area contributed by atoms with Crippen LogP contribution in [0.1, 0.15) is 26.3 Å². The number of rotatable bonds is 4. The first-order valence-corrected chi connectivity index (χ1v) is 7.74. The van der Waals surface area contributed by atoms with Gasteiger partial charge in [0.1, 0.15) is 5.60 Å². The number of nitrogens with zero attached hydrogens (tertiary/aromatic N) is 2. The third-order valence-corrected chi connectivity index (χ3v) is 3.84. The normalized spacial score (nSPS) is 14.3. The molecule has 7 heteroatoms. The largest absolute Gasteiger partial charge is 0.458 e. The lowest BCUT2D eigenvalue weighted by Crippen LogP contribution is -2.49. The summed E-state index contributed by atoms with van der Waals surface area (Å²) in [5.41, 5.74) is -1.87. The summed E-state index contributed by atoms with van der Waals surface area (Å²) in [6, 6.07) is 4.73. The second kappa shape index (κ2) is 6.51. The lowest BCUT2D eigenvalue weighted by molar-refractivity contribution is -0.165. The summed E-state index contributed by atoms with van der Waals surface area (Å²) in [4.78, 5) is 16.9. The third kappa shape index (κ3) is 3.52. The molecule has 0 aliphatic carbocycles. The van der Waals surface area contributed by atoms with E-state index in [1.54, 1.807) is 39.1 Å². The van der Waals surface area contributed by atoms with Crippen LogP contribution in [-0.2, 0) is 15.1 Å². The van der Waals surface area contributed by atoms with Gasteiger partial charge in [0.05, 0.1) is 12.9 Å². The highest BCUT2D eigenvalue weighted by atomic mass is 35.5. The molecule has 0 saturated heterocycles. The number of carbonyl (C=O) groups excluding carboxylic acids is 1. The van der Waals surface area contributed by atoms with Gasteiger partial charge in [0.25, 0.3) is 0 Å². The van der Waals surface area contributed by atoms with Crippen molar-refractivity contribution in [1.82, 2.24) is 9.55 Å². The molecule has 0 fully saturated rings. The molecule has 0 bridgehead atoms. The van der Waals surface area contributed by atoms with Crippen LogP contribution in [0.25, 0.3) is 0 Å². The van der Waals surface area contributed by atoms with Gasteiger partial charge in [-0.2, -0.15) is 0 Å². The third-order valence-electron chi connectivity index (χ3n) is 3.29. The van der Waals surface area contributed by atoms with Crippen LogP contribution in [0.3, 0.4) is 0 Å². The summed E-state index contributed by atoms with van der Waals surface area (Å²) < 4.78 is 7.00. The van der Waals surface area contributed by atoms with Gasteiger partial charge in [-0.1, -0.05) is 29.3 Å². The molecule has 1 aromatic heterocycles. The zero-order chi connectivity index (χ0) is 17.3. The number of benzene rings is 1. The predicted molar refractivity (Wildman–Crippen MR) is 88.7 cm³/mol. The minimum absolute atomic E-state index is 0.256. The van der Waals surface area contributed by atoms with Crippen molar-refractivity contribution in [2.24, 2.45) is 0 Å². The van der Waals surface area contributed by atoms with Gasteiger partial charge >= 0.3 is 5.97 Å². The maximum absolute atomic E-state index is 12.9. The van der Waals surface area contributed by atoms with Gasteiger partial charge in [0.15, 0.2) is 5.54 Å². The molecule has 23 heavy (non-hydrogen) atoms. The Morgan fingerprint density at radius 2 is 2.04 bits per heavy atom. The molecular weight excluding hydrogens is 339 g/mol. The van der Waals surface area contributed by atoms with E-state index in [1.165, 1.54) is 23.2 Å². The molecule has 1 N–H and O–H groups in total. The van der Waals surface area contributed by atoms with Crippen LogP contribution < -0.4 is 0 Å². The van der Waals surface area contributed by atoms with Gasteiger partial charge in [-0.05, 0) is 32.9 Å². The fraction of sp³-hybridized carbons (Fsp3) is 0.375. The number of esters is 1. The summed E-state index contributed by atoms with van der Waals surface area (Å²) in [5.74, 6) is -0.630. The Morgan fingerprint density at radius 1 is 1.35 bits per heavy atom. The van der Waals surface area contributed by atoms with Crippen molar-refractivity contribution in [3.63, 3.8) is 0 Å². The fourth-order valence-corrected chi connectivity index (χ4v) is 2.82. The molecule has 0 aliphatic heterocycles. The Balaban J connectivity index is 2.66. The van der Waals surface area contributed by atoms with Crippen LogP contribution in [0.5, 0.6) is 0 Å². The summed E-state index contributed by atoms with van der Waals surface area (Å²) in [5, 5.41) is 10.8. The molecule has 0 radical (unpaired) electrons. The van der Waals surface area contributed by atoms with Crippen molar-refractivity contribution in [1.29, 1.82) is 0 Å². The van der Waals surface area contributed by atoms with E-state index < -0.39 is 23.7 Å². The molecule has 0 amide bonds. The highest BCUT2D eigenvalue weighted by Crippen LogP contribution is 2.35. The molecule has 1 heterocycles. The van der Waals surface area contributed by atoms with Crippen LogP contribution >= 0.6 is 23.2 Å². The SMILES string of the molecule is CC(C)(C)OC(=O)[C@@](CO)(c1ccc(Cl)cc1Cl)n1ccnc1. The van der Waals surface area contributed by atoms with Gasteiger partial charge in [-0.3, -0.25) is 0 Å². The average molecular weight is 357 g/mol. The smallest absolute Gasteiger partial charge is 0.340 e. The van der Waals surface area contributed by atoms with Crippen LogP contribution in [0.4, 0.5) is 0 Å². The Kier molecular flexibility index (Phi) is 5.04. The Hall–Kier alpha value is -1.56. The van der Waals surface area contributed by atoms with E-state index >= 15 is 0 Å². The van der Waals surface area contributed by atoms with Crippen molar-refractivity contribution < 1.29 is 14.6 Å². The van der Waals surface area contributed by atoms with Crippen LogP contribution in [0, 0.1) is 0 Å². The number of aliphatic hydroxyl groups excluding tert-OH is 1. The fourth-order valence-electron chi connectivity index (χ4n) is 2.26. The molecular formula is C16H18Cl2N2O3. The number of aliphatic hydroxyl groups is 1. The van der Waals surface area contributed by atoms with Crippen molar-refractivity contribution in [3.8, 4) is 0 Å². The molecule has 5 nitrogen and oxygen atoms in total. The van der Waals surface area contributed by atoms with E-state index in [0.717, 1.165) is 0 Å². The zero-order valence-electron chi connectivity index (χ0n) is 13.1. The van der Waals surface area contributed by atoms with E-state index in [9.17, 15) is 9.90 Å². The molecule has 2 aromatic rings. The van der Waals surface area contributed by atoms with Gasteiger partial charge in [-0.25, -0.2) is 9.78 Å². The zero-order valence-corrected chi connectivity index (χ0v) is 14.6. The van der Waals surface area contributed by atoms with Crippen LogP contribution in [0.15, 0.2) is 36.9 Å². The number of halogens is 2. The first-order chi connectivity index (χ1) is 10.7. The summed E-state index contributed by atoms with van der Waals surface area (Å²) in [6.07, 6.45) is 4.52. The lowest BCUT2D eigenvalue weighted by Gasteiger charge is -2.35. The number of hydrogen-bond acceptors (Lipinski definition) is 4. The lowest BCUT2D eigenvalue weighted by atomic mass is 9.89. The van der Waals surface area contributed by atoms with Crippen LogP contribution in [-0.4, -0.2) is 32.8 Å². The second-order valence-electron chi connectivity index (χ2n) is 6.11. The standard InChI is InChI=1S/C16H18Cl2N2O3/c1-15(2,3)23-14(22)16(9-21,20-7-6-19-10-20)12-5-4-11(17)8-13(12)18/h4-8,10,21H,9H2,1-3H3/t16-/m1/s1. The highest BCUT2D eigenvalue weighted by Gasteiger charge is 2.46. The topological polar surface area (TPSA) is 64.3 Å². The van der Waals surface area contributed by atoms with Crippen molar-refractivity contribution in [2.45, 2.75) is 31.9 Å². The van der Waals surface area contributed by atoms with E-state index in [2.05, 4.69) is 4.98 Å². The quantitative estimate of drug-likeness (QED) is 0.853. The molecule has 0 spiro atoms. The molecule has 0 unspecified atom stereocenters. The summed E-state index contributed by atoms with van der Waals surface area (Å²) >= 11 is 12.2. The van der Waals surface area contributed by atoms with E-state index in [-0.39, 0.29) is 5.02 Å². The number of aromatic nitrogens is 2. The van der Waals surface area contributed by atoms with E-state index in [0.29, 0.717) is 10.6 Å². The molecule has 2 rings (SSSR count). The Morgan fingerprint density at radius 3 is 2.52 bits per heavy atom.